The first kappa shape index (κ1) is 20.5. The van der Waals surface area contributed by atoms with Crippen LogP contribution < -0.4 is 10.6 Å². The topological polar surface area (TPSA) is 76.0 Å². The number of nitrogens with zero attached hydrogens (tertiary/aromatic N) is 2. The van der Waals surface area contributed by atoms with Crippen LogP contribution in [0.4, 0.5) is 13.2 Å². The molecule has 1 heterocycles. The Bertz CT molecular complexity index is 826. The van der Waals surface area contributed by atoms with Gasteiger partial charge in [0.2, 0.25) is 5.91 Å². The molecule has 146 valence electrons. The maximum atomic E-state index is 12.5. The lowest BCUT2D eigenvalue weighted by Gasteiger charge is -2.09. The molecular weight excluding hydrogens is 361 g/mol. The lowest BCUT2D eigenvalue weighted by atomic mass is 10.1. The molecule has 0 saturated heterocycles. The van der Waals surface area contributed by atoms with Gasteiger partial charge in [0.1, 0.15) is 0 Å². The van der Waals surface area contributed by atoms with Crippen LogP contribution in [0.2, 0.25) is 0 Å². The van der Waals surface area contributed by atoms with E-state index in [0.29, 0.717) is 0 Å². The van der Waals surface area contributed by atoms with E-state index in [4.69, 9.17) is 0 Å². The van der Waals surface area contributed by atoms with E-state index in [-0.39, 0.29) is 31.0 Å². The molecule has 0 saturated carbocycles. The SMILES string of the molecule is Cc1nn(C)c(C)c1CC(=O)NCCNC(=O)c1ccc(C(F)(F)F)cc1. The summed E-state index contributed by atoms with van der Waals surface area (Å²) in [6.07, 6.45) is -4.25. The van der Waals surface area contributed by atoms with Gasteiger partial charge in [-0.25, -0.2) is 0 Å². The van der Waals surface area contributed by atoms with Crippen LogP contribution in [0.3, 0.4) is 0 Å². The number of alkyl halides is 3. The zero-order valence-electron chi connectivity index (χ0n) is 15.3. The number of benzene rings is 1. The van der Waals surface area contributed by atoms with Gasteiger partial charge in [-0.1, -0.05) is 0 Å². The minimum Gasteiger partial charge on any atom is -0.354 e. The smallest absolute Gasteiger partial charge is 0.354 e. The third-order valence-electron chi connectivity index (χ3n) is 4.20. The number of hydrogen-bond donors (Lipinski definition) is 2. The second kappa shape index (κ2) is 8.24. The molecular formula is C18H21F3N4O2. The third-order valence-corrected chi connectivity index (χ3v) is 4.20. The largest absolute Gasteiger partial charge is 0.416 e. The molecule has 1 aromatic carbocycles. The summed E-state index contributed by atoms with van der Waals surface area (Å²) in [4.78, 5) is 23.9. The molecule has 2 aromatic rings. The van der Waals surface area contributed by atoms with Crippen LogP contribution in [0.1, 0.15) is 32.9 Å². The molecule has 0 aliphatic carbocycles. The number of aryl methyl sites for hydroxylation is 2. The van der Waals surface area contributed by atoms with Crippen molar-refractivity contribution in [2.24, 2.45) is 7.05 Å². The zero-order valence-corrected chi connectivity index (χ0v) is 15.3. The minimum absolute atomic E-state index is 0.121. The highest BCUT2D eigenvalue weighted by molar-refractivity contribution is 5.94. The van der Waals surface area contributed by atoms with Crippen molar-refractivity contribution in [2.45, 2.75) is 26.4 Å². The van der Waals surface area contributed by atoms with Crippen LogP contribution in [-0.4, -0.2) is 34.7 Å². The normalized spacial score (nSPS) is 11.3. The molecule has 0 aliphatic rings. The lowest BCUT2D eigenvalue weighted by molar-refractivity contribution is -0.137. The first-order chi connectivity index (χ1) is 12.6. The third kappa shape index (κ3) is 5.32. The van der Waals surface area contributed by atoms with E-state index < -0.39 is 17.6 Å². The fourth-order valence-corrected chi connectivity index (χ4v) is 2.59. The molecule has 0 fully saturated rings. The van der Waals surface area contributed by atoms with Gasteiger partial charge in [0.15, 0.2) is 0 Å². The first-order valence-electron chi connectivity index (χ1n) is 8.31. The van der Waals surface area contributed by atoms with Crippen molar-refractivity contribution in [3.05, 3.63) is 52.3 Å². The standard InChI is InChI=1S/C18H21F3N4O2/c1-11-15(12(2)25(3)24-11)10-16(26)22-8-9-23-17(27)13-4-6-14(7-5-13)18(19,20)21/h4-7H,8-10H2,1-3H3,(H,22,26)(H,23,27). The van der Waals surface area contributed by atoms with Crippen molar-refractivity contribution in [1.29, 1.82) is 0 Å². The number of carbonyl (C=O) groups is 2. The second-order valence-electron chi connectivity index (χ2n) is 6.13. The van der Waals surface area contributed by atoms with E-state index in [1.54, 1.807) is 11.7 Å². The molecule has 0 spiro atoms. The molecule has 9 heteroatoms. The monoisotopic (exact) mass is 382 g/mol. The summed E-state index contributed by atoms with van der Waals surface area (Å²) < 4.78 is 39.2. The van der Waals surface area contributed by atoms with Crippen molar-refractivity contribution >= 4 is 11.8 Å². The number of aromatic nitrogens is 2. The van der Waals surface area contributed by atoms with Gasteiger partial charge in [-0.15, -0.1) is 0 Å². The molecule has 6 nitrogen and oxygen atoms in total. The fourth-order valence-electron chi connectivity index (χ4n) is 2.59. The molecule has 0 unspecified atom stereocenters. The fraction of sp³-hybridized carbons (Fsp3) is 0.389. The molecule has 0 aliphatic heterocycles. The quantitative estimate of drug-likeness (QED) is 0.752. The summed E-state index contributed by atoms with van der Waals surface area (Å²) in [5.74, 6) is -0.699. The highest BCUT2D eigenvalue weighted by atomic mass is 19.4. The number of hydrogen-bond acceptors (Lipinski definition) is 3. The Balaban J connectivity index is 1.77. The van der Waals surface area contributed by atoms with Crippen molar-refractivity contribution < 1.29 is 22.8 Å². The van der Waals surface area contributed by atoms with Gasteiger partial charge in [0.25, 0.3) is 5.91 Å². The first-order valence-corrected chi connectivity index (χ1v) is 8.31. The molecule has 2 rings (SSSR count). The average molecular weight is 382 g/mol. The number of rotatable bonds is 6. The van der Waals surface area contributed by atoms with E-state index in [9.17, 15) is 22.8 Å². The lowest BCUT2D eigenvalue weighted by Crippen LogP contribution is -2.35. The van der Waals surface area contributed by atoms with Crippen LogP contribution in [-0.2, 0) is 24.4 Å². The van der Waals surface area contributed by atoms with E-state index in [0.717, 1.165) is 41.2 Å². The Morgan fingerprint density at radius 3 is 2.19 bits per heavy atom. The summed E-state index contributed by atoms with van der Waals surface area (Å²) in [6, 6.07) is 3.94. The van der Waals surface area contributed by atoms with E-state index in [2.05, 4.69) is 15.7 Å². The maximum Gasteiger partial charge on any atom is 0.416 e. The molecule has 2 amide bonds. The minimum atomic E-state index is -4.44. The van der Waals surface area contributed by atoms with Gasteiger partial charge >= 0.3 is 6.18 Å². The molecule has 2 N–H and O–H groups in total. The van der Waals surface area contributed by atoms with Crippen LogP contribution in [0.5, 0.6) is 0 Å². The summed E-state index contributed by atoms with van der Waals surface area (Å²) in [6.45, 7) is 4.09. The van der Waals surface area contributed by atoms with Gasteiger partial charge in [-0.05, 0) is 38.1 Å². The van der Waals surface area contributed by atoms with E-state index in [1.165, 1.54) is 0 Å². The molecule has 27 heavy (non-hydrogen) atoms. The van der Waals surface area contributed by atoms with Crippen LogP contribution in [0.25, 0.3) is 0 Å². The Labute approximate surface area is 154 Å². The number of nitrogens with one attached hydrogen (secondary N) is 2. The number of carbonyl (C=O) groups excluding carboxylic acids is 2. The second-order valence-corrected chi connectivity index (χ2v) is 6.13. The van der Waals surface area contributed by atoms with Crippen molar-refractivity contribution in [2.75, 3.05) is 13.1 Å². The predicted octanol–water partition coefficient (Wildman–Crippen LogP) is 2.14. The Kier molecular flexibility index (Phi) is 6.24. The predicted molar refractivity (Wildman–Crippen MR) is 93.2 cm³/mol. The average Bonchev–Trinajstić information content (AvgIpc) is 2.84. The highest BCUT2D eigenvalue weighted by Crippen LogP contribution is 2.29. The summed E-state index contributed by atoms with van der Waals surface area (Å²) in [5.41, 5.74) is 1.88. The van der Waals surface area contributed by atoms with Gasteiger partial charge in [0.05, 0.1) is 17.7 Å². The number of amides is 2. The molecule has 1 aromatic heterocycles. The Morgan fingerprint density at radius 2 is 1.67 bits per heavy atom. The Morgan fingerprint density at radius 1 is 1.07 bits per heavy atom. The number of halogens is 3. The van der Waals surface area contributed by atoms with Gasteiger partial charge in [-0.3, -0.25) is 14.3 Å². The van der Waals surface area contributed by atoms with Crippen LogP contribution in [0.15, 0.2) is 24.3 Å². The van der Waals surface area contributed by atoms with Crippen LogP contribution >= 0.6 is 0 Å². The maximum absolute atomic E-state index is 12.5. The highest BCUT2D eigenvalue weighted by Gasteiger charge is 2.30. The van der Waals surface area contributed by atoms with Crippen molar-refractivity contribution in [1.82, 2.24) is 20.4 Å². The molecule has 0 radical (unpaired) electrons. The van der Waals surface area contributed by atoms with Crippen molar-refractivity contribution in [3.8, 4) is 0 Å². The zero-order chi connectivity index (χ0) is 20.2. The molecule has 0 atom stereocenters. The summed E-state index contributed by atoms with van der Waals surface area (Å²) >= 11 is 0. The van der Waals surface area contributed by atoms with Crippen molar-refractivity contribution in [3.63, 3.8) is 0 Å². The summed E-state index contributed by atoms with van der Waals surface area (Å²) in [5, 5.41) is 9.49. The van der Waals surface area contributed by atoms with Crippen LogP contribution in [0, 0.1) is 13.8 Å². The van der Waals surface area contributed by atoms with E-state index in [1.807, 2.05) is 13.8 Å². The van der Waals surface area contributed by atoms with Gasteiger partial charge < -0.3 is 10.6 Å². The van der Waals surface area contributed by atoms with E-state index >= 15 is 0 Å². The van der Waals surface area contributed by atoms with Gasteiger partial charge in [-0.2, -0.15) is 18.3 Å². The molecule has 0 bridgehead atoms. The van der Waals surface area contributed by atoms with Gasteiger partial charge in [0, 0.05) is 37.0 Å². The summed E-state index contributed by atoms with van der Waals surface area (Å²) in [7, 11) is 1.81. The Hall–Kier alpha value is -2.84.